The third-order valence-corrected chi connectivity index (χ3v) is 2.29. The van der Waals surface area contributed by atoms with Crippen LogP contribution < -0.4 is 0 Å². The lowest BCUT2D eigenvalue weighted by atomic mass is 9.96. The van der Waals surface area contributed by atoms with Gasteiger partial charge in [0.2, 0.25) is 0 Å². The highest BCUT2D eigenvalue weighted by atomic mass is 14.1. The number of hydrogen-bond acceptors (Lipinski definition) is 0. The Morgan fingerprint density at radius 1 is 1.36 bits per heavy atom. The van der Waals surface area contributed by atoms with Crippen molar-refractivity contribution in [1.82, 2.24) is 0 Å². The second-order valence-electron chi connectivity index (χ2n) is 3.41. The van der Waals surface area contributed by atoms with Gasteiger partial charge in [0.15, 0.2) is 0 Å². The first kappa shape index (κ1) is 10.7. The van der Waals surface area contributed by atoms with Gasteiger partial charge in [0.25, 0.3) is 0 Å². The molecule has 0 nitrogen and oxygen atoms in total. The molecule has 0 bridgehead atoms. The van der Waals surface area contributed by atoms with Crippen LogP contribution in [0.1, 0.15) is 53.4 Å². The second kappa shape index (κ2) is 6.45. The van der Waals surface area contributed by atoms with E-state index in [0.717, 1.165) is 5.92 Å². The van der Waals surface area contributed by atoms with E-state index in [1.807, 2.05) is 0 Å². The molecule has 0 fully saturated rings. The van der Waals surface area contributed by atoms with Gasteiger partial charge in [0, 0.05) is 0 Å². The molecule has 11 heavy (non-hydrogen) atoms. The van der Waals surface area contributed by atoms with Gasteiger partial charge in [0.1, 0.15) is 0 Å². The van der Waals surface area contributed by atoms with Gasteiger partial charge in [-0.15, -0.1) is 0 Å². The van der Waals surface area contributed by atoms with Gasteiger partial charge < -0.3 is 0 Å². The van der Waals surface area contributed by atoms with Crippen molar-refractivity contribution in [3.8, 4) is 0 Å². The predicted octanol–water partition coefficient (Wildman–Crippen LogP) is 4.17. The highest BCUT2D eigenvalue weighted by Crippen LogP contribution is 2.17. The second-order valence-corrected chi connectivity index (χ2v) is 3.41. The van der Waals surface area contributed by atoms with Gasteiger partial charge in [-0.05, 0) is 25.7 Å². The first-order valence-corrected chi connectivity index (χ1v) is 4.88. The lowest BCUT2D eigenvalue weighted by Gasteiger charge is -2.10. The van der Waals surface area contributed by atoms with Gasteiger partial charge in [-0.1, -0.05) is 45.3 Å². The lowest BCUT2D eigenvalue weighted by Crippen LogP contribution is -1.94. The van der Waals surface area contributed by atoms with Gasteiger partial charge in [-0.25, -0.2) is 0 Å². The van der Waals surface area contributed by atoms with Crippen LogP contribution in [-0.2, 0) is 0 Å². The molecule has 0 radical (unpaired) electrons. The minimum absolute atomic E-state index is 0.868. The minimum Gasteiger partial charge on any atom is -0.0884 e. The quantitative estimate of drug-likeness (QED) is 0.521. The van der Waals surface area contributed by atoms with Crippen LogP contribution in [0.3, 0.4) is 0 Å². The van der Waals surface area contributed by atoms with Crippen molar-refractivity contribution in [2.45, 2.75) is 53.4 Å². The summed E-state index contributed by atoms with van der Waals surface area (Å²) in [4.78, 5) is 0. The summed E-state index contributed by atoms with van der Waals surface area (Å²) in [5, 5.41) is 0. The normalized spacial score (nSPS) is 15.1. The predicted molar refractivity (Wildman–Crippen MR) is 52.7 cm³/mol. The largest absolute Gasteiger partial charge is 0.0884 e. The Labute approximate surface area is 71.7 Å². The molecule has 1 unspecified atom stereocenters. The maximum atomic E-state index is 2.33. The van der Waals surface area contributed by atoms with Crippen LogP contribution in [-0.4, -0.2) is 0 Å². The molecule has 0 aliphatic carbocycles. The molecule has 0 aliphatic heterocycles. The average molecular weight is 154 g/mol. The molecular formula is C11H22. The first-order chi connectivity index (χ1) is 5.24. The van der Waals surface area contributed by atoms with Crippen LogP contribution in [0.15, 0.2) is 11.6 Å². The monoisotopic (exact) mass is 154 g/mol. The molecule has 0 heteroatoms. The summed E-state index contributed by atoms with van der Waals surface area (Å²) in [5.74, 6) is 0.868. The molecular weight excluding hydrogens is 132 g/mol. The molecule has 0 aromatic carbocycles. The van der Waals surface area contributed by atoms with Crippen LogP contribution in [0.4, 0.5) is 0 Å². The molecule has 0 N–H and O–H groups in total. The fourth-order valence-corrected chi connectivity index (χ4v) is 1.28. The van der Waals surface area contributed by atoms with Crippen LogP contribution in [0.5, 0.6) is 0 Å². The number of allylic oxidation sites excluding steroid dienone is 2. The molecule has 0 heterocycles. The fraction of sp³-hybridized carbons (Fsp3) is 0.818. The Morgan fingerprint density at radius 3 is 2.36 bits per heavy atom. The Hall–Kier alpha value is -0.260. The molecule has 0 spiro atoms. The fourth-order valence-electron chi connectivity index (χ4n) is 1.28. The third kappa shape index (κ3) is 5.06. The summed E-state index contributed by atoms with van der Waals surface area (Å²) < 4.78 is 0. The maximum absolute atomic E-state index is 2.33. The lowest BCUT2D eigenvalue weighted by molar-refractivity contribution is 0.545. The maximum Gasteiger partial charge on any atom is -0.0295 e. The van der Waals surface area contributed by atoms with E-state index in [-0.39, 0.29) is 0 Å². The summed E-state index contributed by atoms with van der Waals surface area (Å²) in [6, 6.07) is 0. The minimum atomic E-state index is 0.868. The van der Waals surface area contributed by atoms with Crippen molar-refractivity contribution < 1.29 is 0 Å². The molecule has 1 atom stereocenters. The van der Waals surface area contributed by atoms with E-state index < -0.39 is 0 Å². The van der Waals surface area contributed by atoms with Crippen molar-refractivity contribution in [1.29, 1.82) is 0 Å². The summed E-state index contributed by atoms with van der Waals surface area (Å²) in [6.07, 6.45) is 7.48. The van der Waals surface area contributed by atoms with E-state index in [1.165, 1.54) is 25.7 Å². The van der Waals surface area contributed by atoms with Crippen LogP contribution in [0.2, 0.25) is 0 Å². The standard InChI is InChI=1S/C11H22/c1-5-8-11(7-3)9-10(4)6-2/h7,10H,5-6,8-9H2,1-4H3. The van der Waals surface area contributed by atoms with E-state index >= 15 is 0 Å². The van der Waals surface area contributed by atoms with E-state index in [4.69, 9.17) is 0 Å². The summed E-state index contributed by atoms with van der Waals surface area (Å²) in [7, 11) is 0. The van der Waals surface area contributed by atoms with Crippen molar-refractivity contribution in [3.63, 3.8) is 0 Å². The van der Waals surface area contributed by atoms with Gasteiger partial charge in [-0.2, -0.15) is 0 Å². The highest BCUT2D eigenvalue weighted by Gasteiger charge is 2.01. The summed E-state index contributed by atoms with van der Waals surface area (Å²) in [6.45, 7) is 9.01. The zero-order valence-electron chi connectivity index (χ0n) is 8.48. The van der Waals surface area contributed by atoms with E-state index in [2.05, 4.69) is 33.8 Å². The molecule has 0 aliphatic rings. The molecule has 66 valence electrons. The molecule has 0 rings (SSSR count). The van der Waals surface area contributed by atoms with Crippen molar-refractivity contribution in [3.05, 3.63) is 11.6 Å². The Bertz CT molecular complexity index is 111. The zero-order valence-corrected chi connectivity index (χ0v) is 8.48. The van der Waals surface area contributed by atoms with Gasteiger partial charge in [0.05, 0.1) is 0 Å². The Balaban J connectivity index is 3.69. The van der Waals surface area contributed by atoms with Crippen molar-refractivity contribution >= 4 is 0 Å². The molecule has 0 saturated carbocycles. The molecule has 0 aromatic rings. The summed E-state index contributed by atoms with van der Waals surface area (Å²) >= 11 is 0. The Morgan fingerprint density at radius 2 is 2.00 bits per heavy atom. The van der Waals surface area contributed by atoms with Crippen LogP contribution in [0, 0.1) is 5.92 Å². The SMILES string of the molecule is CC=C(CCC)CC(C)CC. The summed E-state index contributed by atoms with van der Waals surface area (Å²) in [5.41, 5.74) is 1.64. The molecule has 0 aromatic heterocycles. The average Bonchev–Trinajstić information content (AvgIpc) is 2.03. The number of hydrogen-bond donors (Lipinski definition) is 0. The van der Waals surface area contributed by atoms with Crippen LogP contribution in [0.25, 0.3) is 0 Å². The Kier molecular flexibility index (Phi) is 6.30. The zero-order chi connectivity index (χ0) is 8.69. The highest BCUT2D eigenvalue weighted by molar-refractivity contribution is 5.00. The molecule has 0 saturated heterocycles. The van der Waals surface area contributed by atoms with Crippen LogP contribution >= 0.6 is 0 Å². The topological polar surface area (TPSA) is 0 Å². The van der Waals surface area contributed by atoms with Gasteiger partial charge >= 0.3 is 0 Å². The van der Waals surface area contributed by atoms with E-state index in [9.17, 15) is 0 Å². The van der Waals surface area contributed by atoms with Crippen molar-refractivity contribution in [2.75, 3.05) is 0 Å². The molecule has 0 amide bonds. The first-order valence-electron chi connectivity index (χ1n) is 4.88. The van der Waals surface area contributed by atoms with Gasteiger partial charge in [-0.3, -0.25) is 0 Å². The smallest absolute Gasteiger partial charge is 0.0295 e. The van der Waals surface area contributed by atoms with E-state index in [1.54, 1.807) is 5.57 Å². The van der Waals surface area contributed by atoms with E-state index in [0.29, 0.717) is 0 Å². The number of rotatable bonds is 5. The van der Waals surface area contributed by atoms with Crippen molar-refractivity contribution in [2.24, 2.45) is 5.92 Å². The third-order valence-electron chi connectivity index (χ3n) is 2.29.